The summed E-state index contributed by atoms with van der Waals surface area (Å²) in [6.07, 6.45) is 0.948. The van der Waals surface area contributed by atoms with Crippen molar-refractivity contribution in [2.24, 2.45) is 0 Å². The maximum atomic E-state index is 13.0. The second-order valence-corrected chi connectivity index (χ2v) is 5.57. The van der Waals surface area contributed by atoms with Crippen molar-refractivity contribution in [3.63, 3.8) is 0 Å². The van der Waals surface area contributed by atoms with Crippen LogP contribution in [0.5, 0.6) is 0 Å². The van der Waals surface area contributed by atoms with Gasteiger partial charge in [-0.25, -0.2) is 8.78 Å². The Morgan fingerprint density at radius 1 is 0.958 bits per heavy atom. The Bertz CT molecular complexity index is 696. The fourth-order valence-electron chi connectivity index (χ4n) is 2.45. The van der Waals surface area contributed by atoms with Gasteiger partial charge in [0, 0.05) is 12.0 Å². The molecule has 0 aliphatic heterocycles. The molecule has 2 aromatic carbocycles. The van der Waals surface area contributed by atoms with Crippen LogP contribution in [-0.4, -0.2) is 18.2 Å². The molecular formula is C19H19F2NO2. The first-order valence-corrected chi connectivity index (χ1v) is 7.80. The molecule has 24 heavy (non-hydrogen) atoms. The topological polar surface area (TPSA) is 46.2 Å². The van der Waals surface area contributed by atoms with E-state index in [1.807, 2.05) is 6.92 Å². The summed E-state index contributed by atoms with van der Waals surface area (Å²) in [4.78, 5) is 24.0. The van der Waals surface area contributed by atoms with Crippen molar-refractivity contribution in [2.75, 3.05) is 6.54 Å². The minimum absolute atomic E-state index is 0.0356. The zero-order valence-corrected chi connectivity index (χ0v) is 13.4. The number of halogens is 2. The highest BCUT2D eigenvalue weighted by atomic mass is 19.1. The first-order valence-electron chi connectivity index (χ1n) is 7.80. The van der Waals surface area contributed by atoms with E-state index >= 15 is 0 Å². The first-order chi connectivity index (χ1) is 11.5. The third-order valence-corrected chi connectivity index (χ3v) is 3.88. The van der Waals surface area contributed by atoms with E-state index in [1.165, 1.54) is 36.4 Å². The molecule has 1 amide bonds. The maximum absolute atomic E-state index is 13.0. The minimum atomic E-state index is -0.416. The number of amides is 1. The van der Waals surface area contributed by atoms with Gasteiger partial charge in [0.1, 0.15) is 11.6 Å². The highest BCUT2D eigenvalue weighted by Crippen LogP contribution is 2.23. The molecule has 1 N–H and O–H groups in total. The van der Waals surface area contributed by atoms with Crippen molar-refractivity contribution in [3.8, 4) is 0 Å². The van der Waals surface area contributed by atoms with Crippen molar-refractivity contribution in [1.29, 1.82) is 0 Å². The van der Waals surface area contributed by atoms with Crippen molar-refractivity contribution < 1.29 is 18.4 Å². The summed E-state index contributed by atoms with van der Waals surface area (Å²) in [5, 5.41) is 2.59. The van der Waals surface area contributed by atoms with Gasteiger partial charge in [0.2, 0.25) is 5.91 Å². The van der Waals surface area contributed by atoms with Gasteiger partial charge in [-0.15, -0.1) is 0 Å². The number of carbonyl (C=O) groups is 2. The van der Waals surface area contributed by atoms with E-state index in [0.29, 0.717) is 5.56 Å². The standard InChI is InChI=1S/C19H19F2NO2/c1-2-13(14-3-7-16(20)8-4-14)11-19(24)22-12-18(23)15-5-9-17(21)10-6-15/h3-10,13H,2,11-12H2,1H3,(H,22,24). The summed E-state index contributed by atoms with van der Waals surface area (Å²) in [5.74, 6) is -1.30. The second kappa shape index (κ2) is 8.34. The molecular weight excluding hydrogens is 312 g/mol. The summed E-state index contributed by atoms with van der Waals surface area (Å²) >= 11 is 0. The lowest BCUT2D eigenvalue weighted by Gasteiger charge is -2.15. The SMILES string of the molecule is CCC(CC(=O)NCC(=O)c1ccc(F)cc1)c1ccc(F)cc1. The van der Waals surface area contributed by atoms with Crippen LogP contribution >= 0.6 is 0 Å². The second-order valence-electron chi connectivity index (χ2n) is 5.57. The fourth-order valence-corrected chi connectivity index (χ4v) is 2.45. The number of carbonyl (C=O) groups excluding carboxylic acids is 2. The lowest BCUT2D eigenvalue weighted by atomic mass is 9.93. The van der Waals surface area contributed by atoms with Gasteiger partial charge in [0.25, 0.3) is 0 Å². The van der Waals surface area contributed by atoms with Gasteiger partial charge in [-0.3, -0.25) is 9.59 Å². The average Bonchev–Trinajstić information content (AvgIpc) is 2.59. The summed E-state index contributed by atoms with van der Waals surface area (Å²) in [7, 11) is 0. The van der Waals surface area contributed by atoms with Crippen molar-refractivity contribution in [3.05, 3.63) is 71.3 Å². The quantitative estimate of drug-likeness (QED) is 0.784. The van der Waals surface area contributed by atoms with E-state index in [-0.39, 0.29) is 36.4 Å². The van der Waals surface area contributed by atoms with Crippen molar-refractivity contribution in [2.45, 2.75) is 25.7 Å². The van der Waals surface area contributed by atoms with Gasteiger partial charge in [0.05, 0.1) is 6.54 Å². The van der Waals surface area contributed by atoms with Crippen LogP contribution in [-0.2, 0) is 4.79 Å². The van der Waals surface area contributed by atoms with Crippen LogP contribution in [0.3, 0.4) is 0 Å². The molecule has 0 fully saturated rings. The third-order valence-electron chi connectivity index (χ3n) is 3.88. The molecule has 126 valence electrons. The molecule has 0 saturated heterocycles. The monoisotopic (exact) mass is 331 g/mol. The molecule has 5 heteroatoms. The highest BCUT2D eigenvalue weighted by Gasteiger charge is 2.15. The molecule has 1 unspecified atom stereocenters. The predicted octanol–water partition coefficient (Wildman–Crippen LogP) is 3.85. The summed E-state index contributed by atoms with van der Waals surface area (Å²) in [6.45, 7) is 1.81. The normalized spacial score (nSPS) is 11.8. The van der Waals surface area contributed by atoms with Crippen molar-refractivity contribution in [1.82, 2.24) is 5.32 Å². The van der Waals surface area contributed by atoms with Gasteiger partial charge in [-0.2, -0.15) is 0 Å². The average molecular weight is 331 g/mol. The molecule has 0 spiro atoms. The largest absolute Gasteiger partial charge is 0.349 e. The number of benzene rings is 2. The Hall–Kier alpha value is -2.56. The van der Waals surface area contributed by atoms with Crippen LogP contribution < -0.4 is 5.32 Å². The number of nitrogens with one attached hydrogen (secondary N) is 1. The van der Waals surface area contributed by atoms with Crippen molar-refractivity contribution >= 4 is 11.7 Å². The molecule has 2 aromatic rings. The molecule has 2 rings (SSSR count). The van der Waals surface area contributed by atoms with Gasteiger partial charge >= 0.3 is 0 Å². The molecule has 1 atom stereocenters. The smallest absolute Gasteiger partial charge is 0.220 e. The Morgan fingerprint density at radius 3 is 2.04 bits per heavy atom. The van der Waals surface area contributed by atoms with Crippen LogP contribution in [0.25, 0.3) is 0 Å². The molecule has 0 bridgehead atoms. The van der Waals surface area contributed by atoms with Crippen LogP contribution in [0.15, 0.2) is 48.5 Å². The van der Waals surface area contributed by atoms with Crippen LogP contribution in [0.2, 0.25) is 0 Å². The number of ketones is 1. The molecule has 0 aliphatic rings. The van der Waals surface area contributed by atoms with Gasteiger partial charge in [0.15, 0.2) is 5.78 Å². The third kappa shape index (κ3) is 4.98. The highest BCUT2D eigenvalue weighted by molar-refractivity contribution is 5.99. The zero-order valence-electron chi connectivity index (χ0n) is 13.4. The zero-order chi connectivity index (χ0) is 17.5. The van der Waals surface area contributed by atoms with Crippen LogP contribution in [0, 0.1) is 11.6 Å². The molecule has 0 radical (unpaired) electrons. The van der Waals surface area contributed by atoms with Gasteiger partial charge in [-0.05, 0) is 54.3 Å². The molecule has 3 nitrogen and oxygen atoms in total. The van der Waals surface area contributed by atoms with Gasteiger partial charge < -0.3 is 5.32 Å². The Balaban J connectivity index is 1.88. The Morgan fingerprint density at radius 2 is 1.50 bits per heavy atom. The van der Waals surface area contributed by atoms with Gasteiger partial charge in [-0.1, -0.05) is 19.1 Å². The molecule has 0 saturated carbocycles. The number of hydrogen-bond donors (Lipinski definition) is 1. The van der Waals surface area contributed by atoms with E-state index in [1.54, 1.807) is 12.1 Å². The maximum Gasteiger partial charge on any atom is 0.220 e. The molecule has 0 heterocycles. The lowest BCUT2D eigenvalue weighted by molar-refractivity contribution is -0.121. The minimum Gasteiger partial charge on any atom is -0.349 e. The number of hydrogen-bond acceptors (Lipinski definition) is 2. The first kappa shape index (κ1) is 17.8. The van der Waals surface area contributed by atoms with E-state index < -0.39 is 5.82 Å². The molecule has 0 aliphatic carbocycles. The summed E-state index contributed by atoms with van der Waals surface area (Å²) in [6, 6.07) is 11.3. The van der Waals surface area contributed by atoms with E-state index in [4.69, 9.17) is 0 Å². The van der Waals surface area contributed by atoms with E-state index in [9.17, 15) is 18.4 Å². The van der Waals surface area contributed by atoms with E-state index in [0.717, 1.165) is 12.0 Å². The number of Topliss-reactive ketones (excluding diaryl/α,β-unsaturated/α-hetero) is 1. The Kier molecular flexibility index (Phi) is 6.18. The van der Waals surface area contributed by atoms with Crippen LogP contribution in [0.1, 0.15) is 41.6 Å². The summed E-state index contributed by atoms with van der Waals surface area (Å²) < 4.78 is 25.8. The predicted molar refractivity (Wildman–Crippen MR) is 87.8 cm³/mol. The van der Waals surface area contributed by atoms with Crippen LogP contribution in [0.4, 0.5) is 8.78 Å². The Labute approximate surface area is 139 Å². The lowest BCUT2D eigenvalue weighted by Crippen LogP contribution is -2.30. The number of rotatable bonds is 7. The summed E-state index contributed by atoms with van der Waals surface area (Å²) in [5.41, 5.74) is 1.24. The fraction of sp³-hybridized carbons (Fsp3) is 0.263. The molecule has 0 aromatic heterocycles. The van der Waals surface area contributed by atoms with E-state index in [2.05, 4.69) is 5.32 Å².